The minimum atomic E-state index is -0.243. The third-order valence-corrected chi connectivity index (χ3v) is 3.82. The van der Waals surface area contributed by atoms with Gasteiger partial charge in [-0.3, -0.25) is 4.79 Å². The molecule has 0 aromatic carbocycles. The molecule has 0 fully saturated rings. The third-order valence-electron chi connectivity index (χ3n) is 2.09. The highest BCUT2D eigenvalue weighted by molar-refractivity contribution is 9.10. The molecule has 2 N–H and O–H groups in total. The monoisotopic (exact) mass is 333 g/mol. The molecule has 0 spiro atoms. The van der Waals surface area contributed by atoms with Gasteiger partial charge in [-0.15, -0.1) is 6.58 Å². The number of rotatable bonds is 8. The molecule has 0 unspecified atom stereocenters. The third kappa shape index (κ3) is 4.47. The molecule has 0 saturated carbocycles. The van der Waals surface area contributed by atoms with Gasteiger partial charge in [-0.1, -0.05) is 6.08 Å². The van der Waals surface area contributed by atoms with Crippen molar-refractivity contribution in [2.75, 3.05) is 30.0 Å². The summed E-state index contributed by atoms with van der Waals surface area (Å²) in [4.78, 5) is 11.8. The Bertz CT molecular complexity index is 450. The first-order valence-electron chi connectivity index (χ1n) is 5.49. The van der Waals surface area contributed by atoms with Gasteiger partial charge < -0.3 is 10.4 Å². The molecule has 5 nitrogen and oxygen atoms in total. The van der Waals surface area contributed by atoms with Crippen molar-refractivity contribution >= 4 is 33.4 Å². The van der Waals surface area contributed by atoms with E-state index in [1.165, 1.54) is 4.68 Å². The van der Waals surface area contributed by atoms with Crippen molar-refractivity contribution < 1.29 is 5.11 Å². The lowest BCUT2D eigenvalue weighted by atomic mass is 10.4. The predicted molar refractivity (Wildman–Crippen MR) is 79.3 cm³/mol. The van der Waals surface area contributed by atoms with Crippen molar-refractivity contribution in [1.82, 2.24) is 9.78 Å². The average molecular weight is 334 g/mol. The van der Waals surface area contributed by atoms with Crippen molar-refractivity contribution in [1.29, 1.82) is 0 Å². The van der Waals surface area contributed by atoms with Crippen LogP contribution in [0.2, 0.25) is 0 Å². The highest BCUT2D eigenvalue weighted by atomic mass is 79.9. The van der Waals surface area contributed by atoms with E-state index in [1.54, 1.807) is 18.0 Å². The number of thioether (sulfide) groups is 1. The van der Waals surface area contributed by atoms with Crippen molar-refractivity contribution in [3.05, 3.63) is 33.7 Å². The highest BCUT2D eigenvalue weighted by Crippen LogP contribution is 2.16. The van der Waals surface area contributed by atoms with Crippen molar-refractivity contribution in [2.24, 2.45) is 0 Å². The summed E-state index contributed by atoms with van der Waals surface area (Å²) in [5.74, 6) is 1.84. The van der Waals surface area contributed by atoms with Gasteiger partial charge in [0.25, 0.3) is 5.56 Å². The average Bonchev–Trinajstić information content (AvgIpc) is 2.37. The van der Waals surface area contributed by atoms with Crippen molar-refractivity contribution in [3.8, 4) is 0 Å². The molecule has 1 aromatic heterocycles. The fourth-order valence-corrected chi connectivity index (χ4v) is 2.29. The zero-order valence-corrected chi connectivity index (χ0v) is 12.3. The fraction of sp³-hybridized carbons (Fsp3) is 0.455. The molecule has 0 aliphatic heterocycles. The SMILES string of the molecule is C=CCSCCNc1cnn(CCO)c(=O)c1Br. The van der Waals surface area contributed by atoms with Crippen LogP contribution >= 0.6 is 27.7 Å². The van der Waals surface area contributed by atoms with Crippen LogP contribution in [0.1, 0.15) is 0 Å². The predicted octanol–water partition coefficient (Wildman–Crippen LogP) is 1.33. The first kappa shape index (κ1) is 15.3. The van der Waals surface area contributed by atoms with Gasteiger partial charge in [-0.05, 0) is 15.9 Å². The first-order valence-corrected chi connectivity index (χ1v) is 7.44. The van der Waals surface area contributed by atoms with Crippen LogP contribution in [0, 0.1) is 0 Å². The number of aromatic nitrogens is 2. The van der Waals surface area contributed by atoms with E-state index in [2.05, 4.69) is 32.9 Å². The number of nitrogens with one attached hydrogen (secondary N) is 1. The Kier molecular flexibility index (Phi) is 7.07. The molecule has 0 bridgehead atoms. The zero-order chi connectivity index (χ0) is 13.4. The first-order chi connectivity index (χ1) is 8.70. The van der Waals surface area contributed by atoms with Gasteiger partial charge in [0, 0.05) is 18.1 Å². The summed E-state index contributed by atoms with van der Waals surface area (Å²) < 4.78 is 1.67. The molecule has 1 rings (SSSR count). The second kappa shape index (κ2) is 8.34. The second-order valence-corrected chi connectivity index (χ2v) is 5.36. The topological polar surface area (TPSA) is 67.2 Å². The number of nitrogens with zero attached hydrogens (tertiary/aromatic N) is 2. The van der Waals surface area contributed by atoms with Crippen molar-refractivity contribution in [2.45, 2.75) is 6.54 Å². The van der Waals surface area contributed by atoms with Crippen LogP contribution in [0.5, 0.6) is 0 Å². The summed E-state index contributed by atoms with van der Waals surface area (Å²) in [6.07, 6.45) is 3.44. The molecule has 0 atom stereocenters. The van der Waals surface area contributed by atoms with Crippen LogP contribution in [-0.4, -0.2) is 39.5 Å². The summed E-state index contributed by atoms with van der Waals surface area (Å²) in [5.41, 5.74) is 0.432. The molecule has 100 valence electrons. The van der Waals surface area contributed by atoms with E-state index in [4.69, 9.17) is 5.11 Å². The van der Waals surface area contributed by atoms with Gasteiger partial charge in [-0.25, -0.2) is 4.68 Å². The number of hydrogen-bond acceptors (Lipinski definition) is 5. The molecule has 0 radical (unpaired) electrons. The molecule has 0 aliphatic carbocycles. The minimum absolute atomic E-state index is 0.107. The lowest BCUT2D eigenvalue weighted by molar-refractivity contribution is 0.266. The van der Waals surface area contributed by atoms with Gasteiger partial charge in [-0.2, -0.15) is 16.9 Å². The Hall–Kier alpha value is -0.790. The van der Waals surface area contributed by atoms with E-state index in [0.717, 1.165) is 18.1 Å². The molecular formula is C11H16BrN3O2S. The Morgan fingerprint density at radius 3 is 3.11 bits per heavy atom. The smallest absolute Gasteiger partial charge is 0.283 e. The van der Waals surface area contributed by atoms with Crippen LogP contribution < -0.4 is 10.9 Å². The van der Waals surface area contributed by atoms with E-state index >= 15 is 0 Å². The van der Waals surface area contributed by atoms with E-state index in [0.29, 0.717) is 10.2 Å². The van der Waals surface area contributed by atoms with Crippen LogP contribution in [0.25, 0.3) is 0 Å². The van der Waals surface area contributed by atoms with Crippen LogP contribution in [-0.2, 0) is 6.54 Å². The van der Waals surface area contributed by atoms with E-state index in [9.17, 15) is 4.79 Å². The molecule has 0 amide bonds. The number of aliphatic hydroxyl groups excluding tert-OH is 1. The maximum Gasteiger partial charge on any atom is 0.283 e. The summed E-state index contributed by atoms with van der Waals surface area (Å²) >= 11 is 5.00. The summed E-state index contributed by atoms with van der Waals surface area (Å²) in [6.45, 7) is 4.49. The van der Waals surface area contributed by atoms with E-state index in [-0.39, 0.29) is 18.7 Å². The Morgan fingerprint density at radius 2 is 2.44 bits per heavy atom. The van der Waals surface area contributed by atoms with Gasteiger partial charge in [0.2, 0.25) is 0 Å². The standard InChI is InChI=1S/C11H16BrN3O2S/c1-2-6-18-7-3-13-9-8-14-15(4-5-16)11(17)10(9)12/h2,8,13,16H,1,3-7H2. The molecule has 0 aliphatic rings. The Morgan fingerprint density at radius 1 is 1.67 bits per heavy atom. The van der Waals surface area contributed by atoms with Gasteiger partial charge >= 0.3 is 0 Å². The number of aliphatic hydroxyl groups is 1. The van der Waals surface area contributed by atoms with Gasteiger partial charge in [0.15, 0.2) is 0 Å². The number of anilines is 1. The Balaban J connectivity index is 2.59. The van der Waals surface area contributed by atoms with Crippen LogP contribution in [0.15, 0.2) is 28.1 Å². The van der Waals surface area contributed by atoms with Gasteiger partial charge in [0.1, 0.15) is 4.47 Å². The quantitative estimate of drug-likeness (QED) is 0.555. The highest BCUT2D eigenvalue weighted by Gasteiger charge is 2.07. The van der Waals surface area contributed by atoms with Crippen molar-refractivity contribution in [3.63, 3.8) is 0 Å². The largest absolute Gasteiger partial charge is 0.394 e. The molecule has 1 heterocycles. The van der Waals surface area contributed by atoms with Gasteiger partial charge in [0.05, 0.1) is 25.0 Å². The molecular weight excluding hydrogens is 318 g/mol. The maximum absolute atomic E-state index is 11.8. The zero-order valence-electron chi connectivity index (χ0n) is 9.93. The van der Waals surface area contributed by atoms with E-state index < -0.39 is 0 Å². The molecule has 18 heavy (non-hydrogen) atoms. The summed E-state index contributed by atoms with van der Waals surface area (Å²) in [7, 11) is 0. The lowest BCUT2D eigenvalue weighted by Crippen LogP contribution is -2.26. The fourth-order valence-electron chi connectivity index (χ4n) is 1.27. The second-order valence-electron chi connectivity index (χ2n) is 3.41. The lowest BCUT2D eigenvalue weighted by Gasteiger charge is -2.09. The van der Waals surface area contributed by atoms with E-state index in [1.807, 2.05) is 6.08 Å². The normalized spacial score (nSPS) is 10.3. The maximum atomic E-state index is 11.8. The summed E-state index contributed by atoms with van der Waals surface area (Å²) in [6, 6.07) is 0. The number of halogens is 1. The molecule has 7 heteroatoms. The molecule has 1 aromatic rings. The van der Waals surface area contributed by atoms with Crippen LogP contribution in [0.3, 0.4) is 0 Å². The van der Waals surface area contributed by atoms with Crippen LogP contribution in [0.4, 0.5) is 5.69 Å². The molecule has 0 saturated heterocycles. The minimum Gasteiger partial charge on any atom is -0.394 e. The number of hydrogen-bond donors (Lipinski definition) is 2. The Labute approximate surface area is 118 Å². The summed E-state index contributed by atoms with van der Waals surface area (Å²) in [5, 5.41) is 15.9.